The van der Waals surface area contributed by atoms with Crippen LogP contribution in [0.4, 0.5) is 0 Å². The summed E-state index contributed by atoms with van der Waals surface area (Å²) in [6, 6.07) is 60.0. The molecule has 1 aromatic heterocycles. The molecule has 0 unspecified atom stereocenters. The van der Waals surface area contributed by atoms with Gasteiger partial charge < -0.3 is 4.57 Å². The highest BCUT2D eigenvalue weighted by Gasteiger charge is 2.38. The summed E-state index contributed by atoms with van der Waals surface area (Å²) in [7, 11) is 0. The number of benzene rings is 7. The van der Waals surface area contributed by atoms with Crippen LogP contribution in [0.1, 0.15) is 25.0 Å². The van der Waals surface area contributed by atoms with Crippen LogP contribution in [0.3, 0.4) is 0 Å². The van der Waals surface area contributed by atoms with E-state index < -0.39 is 0 Å². The van der Waals surface area contributed by atoms with Crippen molar-refractivity contribution in [3.63, 3.8) is 0 Å². The van der Waals surface area contributed by atoms with Gasteiger partial charge in [-0.1, -0.05) is 141 Å². The lowest BCUT2D eigenvalue weighted by Gasteiger charge is -2.23. The average Bonchev–Trinajstić information content (AvgIpc) is 3.57. The van der Waals surface area contributed by atoms with Gasteiger partial charge in [0, 0.05) is 21.9 Å². The van der Waals surface area contributed by atoms with E-state index in [9.17, 15) is 0 Å². The van der Waals surface area contributed by atoms with Crippen molar-refractivity contribution in [3.8, 4) is 50.2 Å². The molecule has 0 fully saturated rings. The number of fused-ring (bicyclic) bond motifs is 7. The number of hydrogen-bond donors (Lipinski definition) is 0. The van der Waals surface area contributed by atoms with Crippen LogP contribution < -0.4 is 0 Å². The molecule has 46 heavy (non-hydrogen) atoms. The molecular weight excluding hydrogens is 555 g/mol. The second-order valence-electron chi connectivity index (χ2n) is 13.0. The van der Waals surface area contributed by atoms with Gasteiger partial charge in [0.25, 0.3) is 0 Å². The van der Waals surface area contributed by atoms with Crippen molar-refractivity contribution in [1.29, 1.82) is 0 Å². The minimum atomic E-state index is -0.121. The lowest BCUT2D eigenvalue weighted by atomic mass is 9.81. The van der Waals surface area contributed by atoms with E-state index in [-0.39, 0.29) is 5.41 Å². The number of aromatic nitrogens is 1. The van der Waals surface area contributed by atoms with Crippen molar-refractivity contribution in [2.45, 2.75) is 19.3 Å². The lowest BCUT2D eigenvalue weighted by molar-refractivity contribution is 0.664. The van der Waals surface area contributed by atoms with Crippen LogP contribution in [0.25, 0.3) is 72.0 Å². The van der Waals surface area contributed by atoms with Gasteiger partial charge in [-0.25, -0.2) is 0 Å². The lowest BCUT2D eigenvalue weighted by Crippen LogP contribution is -2.16. The standard InChI is InChI=1S/C45H33N/c1-45(2)41-22-11-9-20-37(41)39-24-25-40-38-21-10-12-23-42(38)46(44(40)43(39)45)36-19-13-18-32(29-36)35-27-33(30-14-5-3-6-15-30)26-34(28-35)31-16-7-4-8-17-31/h3-29H,1-2H3. The molecule has 1 heterocycles. The molecule has 7 aromatic carbocycles. The number of rotatable bonds is 4. The highest BCUT2D eigenvalue weighted by molar-refractivity contribution is 6.13. The van der Waals surface area contributed by atoms with Crippen molar-refractivity contribution in [1.82, 2.24) is 4.57 Å². The SMILES string of the molecule is CC1(C)c2ccccc2-c2ccc3c4ccccc4n(-c4cccc(-c5cc(-c6ccccc6)cc(-c6ccccc6)c5)c4)c3c21. The first-order valence-corrected chi connectivity index (χ1v) is 16.1. The molecule has 0 saturated carbocycles. The summed E-state index contributed by atoms with van der Waals surface area (Å²) >= 11 is 0. The molecule has 218 valence electrons. The summed E-state index contributed by atoms with van der Waals surface area (Å²) in [5, 5.41) is 2.59. The fraction of sp³-hybridized carbons (Fsp3) is 0.0667. The van der Waals surface area contributed by atoms with Crippen molar-refractivity contribution < 1.29 is 0 Å². The third-order valence-corrected chi connectivity index (χ3v) is 9.94. The maximum absolute atomic E-state index is 2.51. The summed E-state index contributed by atoms with van der Waals surface area (Å²) in [5.41, 5.74) is 16.4. The van der Waals surface area contributed by atoms with E-state index in [4.69, 9.17) is 0 Å². The van der Waals surface area contributed by atoms with Gasteiger partial charge in [-0.05, 0) is 92.0 Å². The van der Waals surface area contributed by atoms with Crippen LogP contribution in [-0.4, -0.2) is 4.57 Å². The Morgan fingerprint density at radius 2 is 1.00 bits per heavy atom. The van der Waals surface area contributed by atoms with Crippen LogP contribution in [0, 0.1) is 0 Å². The second-order valence-corrected chi connectivity index (χ2v) is 13.0. The van der Waals surface area contributed by atoms with Gasteiger partial charge in [0.05, 0.1) is 11.0 Å². The molecule has 1 nitrogen and oxygen atoms in total. The molecule has 0 bridgehead atoms. The number of hydrogen-bond acceptors (Lipinski definition) is 0. The Kier molecular flexibility index (Phi) is 5.92. The van der Waals surface area contributed by atoms with Gasteiger partial charge in [0.2, 0.25) is 0 Å². The molecule has 1 aliphatic carbocycles. The molecule has 8 aromatic rings. The van der Waals surface area contributed by atoms with E-state index in [1.54, 1.807) is 0 Å². The predicted molar refractivity (Wildman–Crippen MR) is 195 cm³/mol. The zero-order valence-electron chi connectivity index (χ0n) is 26.0. The highest BCUT2D eigenvalue weighted by Crippen LogP contribution is 2.53. The zero-order valence-corrected chi connectivity index (χ0v) is 26.0. The summed E-state index contributed by atoms with van der Waals surface area (Å²) in [6.45, 7) is 4.77. The quantitative estimate of drug-likeness (QED) is 0.193. The van der Waals surface area contributed by atoms with Gasteiger partial charge in [-0.15, -0.1) is 0 Å². The number of nitrogens with zero attached hydrogens (tertiary/aromatic N) is 1. The van der Waals surface area contributed by atoms with Crippen molar-refractivity contribution in [2.75, 3.05) is 0 Å². The minimum absolute atomic E-state index is 0.121. The van der Waals surface area contributed by atoms with Crippen LogP contribution >= 0.6 is 0 Å². The minimum Gasteiger partial charge on any atom is -0.309 e. The predicted octanol–water partition coefficient (Wildman–Crippen LogP) is 12.1. The summed E-state index contributed by atoms with van der Waals surface area (Å²) in [6.07, 6.45) is 0. The van der Waals surface area contributed by atoms with Gasteiger partial charge in [0.15, 0.2) is 0 Å². The van der Waals surface area contributed by atoms with Gasteiger partial charge in [0.1, 0.15) is 0 Å². The Labute approximate surface area is 270 Å². The van der Waals surface area contributed by atoms with E-state index in [0.717, 1.165) is 0 Å². The zero-order chi connectivity index (χ0) is 30.8. The van der Waals surface area contributed by atoms with Crippen molar-refractivity contribution >= 4 is 21.8 Å². The molecule has 0 atom stereocenters. The average molecular weight is 588 g/mol. The summed E-state index contributed by atoms with van der Waals surface area (Å²) in [4.78, 5) is 0. The maximum atomic E-state index is 2.51. The molecule has 0 spiro atoms. The van der Waals surface area contributed by atoms with E-state index in [1.165, 1.54) is 83.1 Å². The summed E-state index contributed by atoms with van der Waals surface area (Å²) in [5.74, 6) is 0. The van der Waals surface area contributed by atoms with Crippen LogP contribution in [0.15, 0.2) is 164 Å². The topological polar surface area (TPSA) is 4.93 Å². The van der Waals surface area contributed by atoms with E-state index in [2.05, 4.69) is 182 Å². The van der Waals surface area contributed by atoms with Crippen LogP contribution in [0.5, 0.6) is 0 Å². The number of para-hydroxylation sites is 1. The highest BCUT2D eigenvalue weighted by atomic mass is 15.0. The Morgan fingerprint density at radius 1 is 0.413 bits per heavy atom. The van der Waals surface area contributed by atoms with Crippen LogP contribution in [-0.2, 0) is 5.41 Å². The fourth-order valence-electron chi connectivity index (χ4n) is 7.79. The monoisotopic (exact) mass is 587 g/mol. The molecule has 1 aliphatic rings. The maximum Gasteiger partial charge on any atom is 0.0588 e. The molecule has 1 heteroatoms. The second kappa shape index (κ2) is 10.2. The van der Waals surface area contributed by atoms with Crippen LogP contribution in [0.2, 0.25) is 0 Å². The molecule has 0 N–H and O–H groups in total. The first-order valence-electron chi connectivity index (χ1n) is 16.1. The largest absolute Gasteiger partial charge is 0.309 e. The Balaban J connectivity index is 1.30. The third-order valence-electron chi connectivity index (χ3n) is 9.94. The smallest absolute Gasteiger partial charge is 0.0588 e. The van der Waals surface area contributed by atoms with E-state index in [0.29, 0.717) is 0 Å². The molecule has 0 aliphatic heterocycles. The Morgan fingerprint density at radius 3 is 1.72 bits per heavy atom. The molecule has 0 amide bonds. The normalized spacial score (nSPS) is 13.2. The fourth-order valence-corrected chi connectivity index (χ4v) is 7.79. The van der Waals surface area contributed by atoms with Crippen molar-refractivity contribution in [3.05, 3.63) is 175 Å². The van der Waals surface area contributed by atoms with Gasteiger partial charge in [-0.3, -0.25) is 0 Å². The molecule has 9 rings (SSSR count). The Bertz CT molecular complexity index is 2370. The first kappa shape index (κ1) is 26.7. The van der Waals surface area contributed by atoms with Gasteiger partial charge in [-0.2, -0.15) is 0 Å². The first-order chi connectivity index (χ1) is 22.6. The van der Waals surface area contributed by atoms with E-state index >= 15 is 0 Å². The molecular formula is C45H33N. The van der Waals surface area contributed by atoms with E-state index in [1.807, 2.05) is 0 Å². The Hall–Kier alpha value is -5.66. The van der Waals surface area contributed by atoms with Gasteiger partial charge >= 0.3 is 0 Å². The summed E-state index contributed by atoms with van der Waals surface area (Å²) < 4.78 is 2.51. The third kappa shape index (κ3) is 4.02. The molecule has 0 saturated heterocycles. The molecule has 0 radical (unpaired) electrons. The van der Waals surface area contributed by atoms with Crippen molar-refractivity contribution in [2.24, 2.45) is 0 Å².